The van der Waals surface area contributed by atoms with Crippen molar-refractivity contribution in [2.24, 2.45) is 5.92 Å². The standard InChI is InChI=1S/C17H24N4O4S/c1-3-6-21-11-15(10-19-21)26(23,24)20-17(13-7-14(22)8-13)12-4-5-16(25-2)18-9-12/h4-5,9-11,13-14,17,20,22H,3,6-8H2,1-2H3/t13?,14?,17-/m1/s1. The van der Waals surface area contributed by atoms with E-state index in [0.29, 0.717) is 25.3 Å². The number of sulfonamides is 1. The van der Waals surface area contributed by atoms with E-state index in [9.17, 15) is 13.5 Å². The molecular weight excluding hydrogens is 356 g/mol. The molecule has 8 nitrogen and oxygen atoms in total. The summed E-state index contributed by atoms with van der Waals surface area (Å²) in [5, 5.41) is 13.7. The molecule has 1 aliphatic rings. The molecule has 0 amide bonds. The van der Waals surface area contributed by atoms with Gasteiger partial charge in [-0.2, -0.15) is 5.10 Å². The SMILES string of the molecule is CCCn1cc(S(=O)(=O)N[C@H](c2ccc(OC)nc2)C2CC(O)C2)cn1. The fourth-order valence-corrected chi connectivity index (χ4v) is 4.35. The Morgan fingerprint density at radius 1 is 1.38 bits per heavy atom. The molecule has 9 heteroatoms. The molecule has 0 saturated heterocycles. The van der Waals surface area contributed by atoms with Crippen molar-refractivity contribution in [2.75, 3.05) is 7.11 Å². The summed E-state index contributed by atoms with van der Waals surface area (Å²) in [4.78, 5) is 4.31. The monoisotopic (exact) mass is 380 g/mol. The van der Waals surface area contributed by atoms with Crippen LogP contribution in [-0.4, -0.2) is 41.5 Å². The zero-order chi connectivity index (χ0) is 18.7. The quantitative estimate of drug-likeness (QED) is 0.719. The molecule has 2 aromatic rings. The minimum Gasteiger partial charge on any atom is -0.481 e. The van der Waals surface area contributed by atoms with Crippen LogP contribution in [0.5, 0.6) is 5.88 Å². The Labute approximate surface area is 153 Å². The first kappa shape index (κ1) is 18.8. The molecule has 0 spiro atoms. The molecule has 2 heterocycles. The highest BCUT2D eigenvalue weighted by Gasteiger charge is 2.37. The summed E-state index contributed by atoms with van der Waals surface area (Å²) in [6.07, 6.45) is 6.08. The van der Waals surface area contributed by atoms with Crippen LogP contribution < -0.4 is 9.46 Å². The van der Waals surface area contributed by atoms with Crippen LogP contribution in [0.25, 0.3) is 0 Å². The first-order chi connectivity index (χ1) is 12.4. The van der Waals surface area contributed by atoms with E-state index >= 15 is 0 Å². The van der Waals surface area contributed by atoms with Crippen LogP contribution in [-0.2, 0) is 16.6 Å². The fourth-order valence-electron chi connectivity index (χ4n) is 3.10. The van der Waals surface area contributed by atoms with E-state index in [-0.39, 0.29) is 16.9 Å². The second-order valence-electron chi connectivity index (χ2n) is 6.56. The predicted molar refractivity (Wildman–Crippen MR) is 95.1 cm³/mol. The van der Waals surface area contributed by atoms with Crippen molar-refractivity contribution in [3.05, 3.63) is 36.3 Å². The molecular formula is C17H24N4O4S. The summed E-state index contributed by atoms with van der Waals surface area (Å²) < 4.78 is 35.1. The van der Waals surface area contributed by atoms with E-state index in [1.807, 2.05) is 6.92 Å². The Morgan fingerprint density at radius 3 is 2.73 bits per heavy atom. The fraction of sp³-hybridized carbons (Fsp3) is 0.529. The maximum Gasteiger partial charge on any atom is 0.244 e. The third-order valence-corrected chi connectivity index (χ3v) is 6.00. The minimum absolute atomic E-state index is 0.0145. The molecule has 142 valence electrons. The van der Waals surface area contributed by atoms with Crippen molar-refractivity contribution in [2.45, 2.75) is 49.8 Å². The Balaban J connectivity index is 1.84. The lowest BCUT2D eigenvalue weighted by atomic mass is 9.76. The summed E-state index contributed by atoms with van der Waals surface area (Å²) in [5.74, 6) is 0.477. The van der Waals surface area contributed by atoms with Crippen LogP contribution in [0.15, 0.2) is 35.6 Å². The van der Waals surface area contributed by atoms with E-state index in [4.69, 9.17) is 4.74 Å². The number of methoxy groups -OCH3 is 1. The van der Waals surface area contributed by atoms with E-state index in [1.165, 1.54) is 19.5 Å². The van der Waals surface area contributed by atoms with Crippen molar-refractivity contribution >= 4 is 10.0 Å². The Morgan fingerprint density at radius 2 is 2.15 bits per heavy atom. The van der Waals surface area contributed by atoms with Crippen LogP contribution in [0.4, 0.5) is 0 Å². The Bertz CT molecular complexity index is 829. The van der Waals surface area contributed by atoms with Gasteiger partial charge in [0.05, 0.1) is 25.5 Å². The van der Waals surface area contributed by atoms with Crippen LogP contribution in [0.2, 0.25) is 0 Å². The van der Waals surface area contributed by atoms with Crippen LogP contribution >= 0.6 is 0 Å². The van der Waals surface area contributed by atoms with Gasteiger partial charge in [-0.1, -0.05) is 13.0 Å². The third-order valence-electron chi connectivity index (χ3n) is 4.60. The van der Waals surface area contributed by atoms with Crippen molar-refractivity contribution in [1.29, 1.82) is 0 Å². The first-order valence-corrected chi connectivity index (χ1v) is 10.1. The van der Waals surface area contributed by atoms with E-state index in [1.54, 1.807) is 23.0 Å². The summed E-state index contributed by atoms with van der Waals surface area (Å²) in [5.41, 5.74) is 0.743. The number of aromatic nitrogens is 3. The number of aryl methyl sites for hydroxylation is 1. The highest BCUT2D eigenvalue weighted by atomic mass is 32.2. The van der Waals surface area contributed by atoms with Gasteiger partial charge in [-0.3, -0.25) is 4.68 Å². The zero-order valence-corrected chi connectivity index (χ0v) is 15.7. The largest absolute Gasteiger partial charge is 0.481 e. The molecule has 1 saturated carbocycles. The molecule has 2 aromatic heterocycles. The summed E-state index contributed by atoms with van der Waals surface area (Å²) in [6, 6.07) is 3.03. The molecule has 0 radical (unpaired) electrons. The van der Waals surface area contributed by atoms with Gasteiger partial charge in [0.15, 0.2) is 0 Å². The van der Waals surface area contributed by atoms with Crippen molar-refractivity contribution in [1.82, 2.24) is 19.5 Å². The number of ether oxygens (including phenoxy) is 1. The third kappa shape index (κ3) is 4.05. The topological polar surface area (TPSA) is 106 Å². The number of nitrogens with one attached hydrogen (secondary N) is 1. The van der Waals surface area contributed by atoms with Gasteiger partial charge in [-0.25, -0.2) is 18.1 Å². The molecule has 3 rings (SSSR count). The number of pyridine rings is 1. The molecule has 1 atom stereocenters. The van der Waals surface area contributed by atoms with Gasteiger partial charge in [-0.15, -0.1) is 0 Å². The molecule has 1 fully saturated rings. The Kier molecular flexibility index (Phi) is 5.59. The maximum atomic E-state index is 12.8. The van der Waals surface area contributed by atoms with Crippen molar-refractivity contribution in [3.8, 4) is 5.88 Å². The number of aliphatic hydroxyl groups excluding tert-OH is 1. The van der Waals surface area contributed by atoms with Crippen LogP contribution in [0, 0.1) is 5.92 Å². The highest BCUT2D eigenvalue weighted by molar-refractivity contribution is 7.89. The lowest BCUT2D eigenvalue weighted by Crippen LogP contribution is -2.41. The second kappa shape index (κ2) is 7.73. The molecule has 1 aliphatic carbocycles. The zero-order valence-electron chi connectivity index (χ0n) is 14.9. The average molecular weight is 380 g/mol. The van der Waals surface area contributed by atoms with Crippen molar-refractivity contribution < 1.29 is 18.3 Å². The van der Waals surface area contributed by atoms with Gasteiger partial charge < -0.3 is 9.84 Å². The molecule has 0 unspecified atom stereocenters. The van der Waals surface area contributed by atoms with Gasteiger partial charge in [0, 0.05) is 25.0 Å². The normalized spacial score (nSPS) is 21.2. The number of hydrogen-bond donors (Lipinski definition) is 2. The maximum absolute atomic E-state index is 12.8. The Hall–Kier alpha value is -1.97. The molecule has 0 bridgehead atoms. The van der Waals surface area contributed by atoms with E-state index < -0.39 is 16.1 Å². The number of aliphatic hydroxyl groups is 1. The molecule has 0 aromatic carbocycles. The van der Waals surface area contributed by atoms with Gasteiger partial charge >= 0.3 is 0 Å². The van der Waals surface area contributed by atoms with E-state index in [0.717, 1.165) is 12.0 Å². The van der Waals surface area contributed by atoms with Gasteiger partial charge in [-0.05, 0) is 30.7 Å². The average Bonchev–Trinajstić information content (AvgIpc) is 3.07. The molecule has 0 aliphatic heterocycles. The van der Waals surface area contributed by atoms with Crippen LogP contribution in [0.3, 0.4) is 0 Å². The predicted octanol–water partition coefficient (Wildman–Crippen LogP) is 1.49. The number of hydrogen-bond acceptors (Lipinski definition) is 6. The summed E-state index contributed by atoms with van der Waals surface area (Å²) >= 11 is 0. The number of nitrogens with zero attached hydrogens (tertiary/aromatic N) is 3. The first-order valence-electron chi connectivity index (χ1n) is 8.65. The van der Waals surface area contributed by atoms with Gasteiger partial charge in [0.1, 0.15) is 4.90 Å². The lowest BCUT2D eigenvalue weighted by molar-refractivity contribution is 0.0279. The van der Waals surface area contributed by atoms with Gasteiger partial charge in [0.25, 0.3) is 0 Å². The van der Waals surface area contributed by atoms with E-state index in [2.05, 4.69) is 14.8 Å². The molecule has 2 N–H and O–H groups in total. The van der Waals surface area contributed by atoms with Crippen LogP contribution in [0.1, 0.15) is 37.8 Å². The summed E-state index contributed by atoms with van der Waals surface area (Å²) in [6.45, 7) is 2.67. The summed E-state index contributed by atoms with van der Waals surface area (Å²) in [7, 11) is -2.21. The second-order valence-corrected chi connectivity index (χ2v) is 8.27. The molecule has 26 heavy (non-hydrogen) atoms. The lowest BCUT2D eigenvalue weighted by Gasteiger charge is -2.37. The van der Waals surface area contributed by atoms with Gasteiger partial charge in [0.2, 0.25) is 15.9 Å². The van der Waals surface area contributed by atoms with Crippen molar-refractivity contribution in [3.63, 3.8) is 0 Å². The highest BCUT2D eigenvalue weighted by Crippen LogP contribution is 2.39. The smallest absolute Gasteiger partial charge is 0.244 e. The minimum atomic E-state index is -3.73. The number of rotatable bonds is 8.